The van der Waals surface area contributed by atoms with Crippen LogP contribution in [0, 0.1) is 5.41 Å². The van der Waals surface area contributed by atoms with E-state index in [1.54, 1.807) is 0 Å². The molecule has 0 aliphatic heterocycles. The molecule has 2 heteroatoms. The Balaban J connectivity index is 2.38. The Morgan fingerprint density at radius 2 is 1.64 bits per heavy atom. The standard InChI is InChI=1S/C26H32ClN/c1-7-8-21-9-11-22(12-10-21)18-28-25(19(2)17-26(4,5)6)20(3)23-13-15-24(27)16-14-23/h9-16,18H,2,7-8,17H2,1,3-6H3/b25-20+,28-18?. The van der Waals surface area contributed by atoms with Gasteiger partial charge in [-0.25, -0.2) is 0 Å². The number of rotatable bonds is 7. The van der Waals surface area contributed by atoms with Crippen LogP contribution in [0.4, 0.5) is 0 Å². The number of nitrogens with zero attached hydrogens (tertiary/aromatic N) is 1. The smallest absolute Gasteiger partial charge is 0.0691 e. The molecule has 0 N–H and O–H groups in total. The average molecular weight is 394 g/mol. The molecule has 2 aromatic carbocycles. The summed E-state index contributed by atoms with van der Waals surface area (Å²) in [5, 5.41) is 0.738. The SMILES string of the molecule is C=C(CC(C)(C)C)/C(N=Cc1ccc(CCC)cc1)=C(/C)c1ccc(Cl)cc1. The fraction of sp³-hybridized carbons (Fsp3) is 0.346. The molecule has 2 rings (SSSR count). The van der Waals surface area contributed by atoms with Crippen LogP contribution in [0.15, 0.2) is 71.4 Å². The molecule has 0 saturated carbocycles. The van der Waals surface area contributed by atoms with Gasteiger partial charge in [-0.3, -0.25) is 4.99 Å². The molecule has 0 heterocycles. The van der Waals surface area contributed by atoms with E-state index in [2.05, 4.69) is 65.5 Å². The summed E-state index contributed by atoms with van der Waals surface area (Å²) < 4.78 is 0. The highest BCUT2D eigenvalue weighted by atomic mass is 35.5. The van der Waals surface area contributed by atoms with E-state index in [0.717, 1.165) is 52.3 Å². The monoisotopic (exact) mass is 393 g/mol. The molecule has 2 aromatic rings. The minimum Gasteiger partial charge on any atom is -0.256 e. The van der Waals surface area contributed by atoms with Gasteiger partial charge in [-0.1, -0.05) is 88.7 Å². The number of hydrogen-bond donors (Lipinski definition) is 0. The van der Waals surface area contributed by atoms with Crippen LogP contribution >= 0.6 is 11.6 Å². The third-order valence-electron chi connectivity index (χ3n) is 4.57. The van der Waals surface area contributed by atoms with Gasteiger partial charge in [0.2, 0.25) is 0 Å². The maximum absolute atomic E-state index is 6.06. The summed E-state index contributed by atoms with van der Waals surface area (Å²) in [7, 11) is 0. The number of allylic oxidation sites excluding steroid dienone is 2. The molecule has 0 bridgehead atoms. The van der Waals surface area contributed by atoms with Crippen LogP contribution in [0.25, 0.3) is 5.57 Å². The van der Waals surface area contributed by atoms with Crippen molar-refractivity contribution in [1.29, 1.82) is 0 Å². The van der Waals surface area contributed by atoms with Crippen molar-refractivity contribution in [3.05, 3.63) is 88.1 Å². The van der Waals surface area contributed by atoms with Gasteiger partial charge < -0.3 is 0 Å². The average Bonchev–Trinajstić information content (AvgIpc) is 2.62. The van der Waals surface area contributed by atoms with Crippen LogP contribution in [0.3, 0.4) is 0 Å². The van der Waals surface area contributed by atoms with Crippen molar-refractivity contribution in [2.45, 2.75) is 53.9 Å². The first-order chi connectivity index (χ1) is 13.2. The van der Waals surface area contributed by atoms with Crippen molar-refractivity contribution < 1.29 is 0 Å². The molecule has 28 heavy (non-hydrogen) atoms. The summed E-state index contributed by atoms with van der Waals surface area (Å²) in [4.78, 5) is 4.87. The Kier molecular flexibility index (Phi) is 7.83. The lowest BCUT2D eigenvalue weighted by Gasteiger charge is -2.21. The lowest BCUT2D eigenvalue weighted by atomic mass is 9.86. The molecule has 1 nitrogen and oxygen atoms in total. The summed E-state index contributed by atoms with van der Waals surface area (Å²) >= 11 is 6.06. The van der Waals surface area contributed by atoms with Gasteiger partial charge in [0.15, 0.2) is 0 Å². The quantitative estimate of drug-likeness (QED) is 0.332. The van der Waals surface area contributed by atoms with E-state index in [1.807, 2.05) is 30.5 Å². The molecule has 0 amide bonds. The van der Waals surface area contributed by atoms with Gasteiger partial charge in [0.1, 0.15) is 0 Å². The van der Waals surface area contributed by atoms with E-state index in [0.29, 0.717) is 0 Å². The maximum Gasteiger partial charge on any atom is 0.0691 e. The van der Waals surface area contributed by atoms with E-state index < -0.39 is 0 Å². The number of halogens is 1. The Morgan fingerprint density at radius 1 is 1.04 bits per heavy atom. The first-order valence-corrected chi connectivity index (χ1v) is 10.4. The minimum atomic E-state index is 0.153. The third kappa shape index (κ3) is 6.80. The predicted molar refractivity (Wildman–Crippen MR) is 125 cm³/mol. The fourth-order valence-corrected chi connectivity index (χ4v) is 3.34. The first kappa shape index (κ1) is 22.2. The molecule has 0 fully saturated rings. The van der Waals surface area contributed by atoms with Crippen molar-refractivity contribution in [3.63, 3.8) is 0 Å². The van der Waals surface area contributed by atoms with Crippen LogP contribution in [-0.2, 0) is 6.42 Å². The van der Waals surface area contributed by atoms with Crippen molar-refractivity contribution in [2.75, 3.05) is 0 Å². The number of benzene rings is 2. The van der Waals surface area contributed by atoms with Crippen molar-refractivity contribution in [2.24, 2.45) is 10.4 Å². The molecule has 0 aliphatic carbocycles. The summed E-state index contributed by atoms with van der Waals surface area (Å²) in [5.74, 6) is 0. The lowest BCUT2D eigenvalue weighted by Crippen LogP contribution is -2.07. The highest BCUT2D eigenvalue weighted by Gasteiger charge is 2.16. The normalized spacial score (nSPS) is 12.9. The van der Waals surface area contributed by atoms with Gasteiger partial charge in [0, 0.05) is 11.2 Å². The number of aliphatic imine (C=N–C) groups is 1. The molecule has 0 aliphatic rings. The zero-order chi connectivity index (χ0) is 20.7. The summed E-state index contributed by atoms with van der Waals surface area (Å²) in [6.07, 6.45) is 5.10. The Hall–Kier alpha value is -2.12. The summed E-state index contributed by atoms with van der Waals surface area (Å²) in [6.45, 7) is 15.3. The Bertz CT molecular complexity index is 847. The second-order valence-corrected chi connectivity index (χ2v) is 9.01. The first-order valence-electron chi connectivity index (χ1n) is 9.97. The molecule has 0 atom stereocenters. The maximum atomic E-state index is 6.06. The van der Waals surface area contributed by atoms with E-state index in [9.17, 15) is 0 Å². The van der Waals surface area contributed by atoms with Crippen LogP contribution in [0.5, 0.6) is 0 Å². The molecular weight excluding hydrogens is 362 g/mol. The predicted octanol–water partition coefficient (Wildman–Crippen LogP) is 8.14. The molecule has 0 unspecified atom stereocenters. The molecule has 0 saturated heterocycles. The zero-order valence-electron chi connectivity index (χ0n) is 17.8. The van der Waals surface area contributed by atoms with E-state index in [1.165, 1.54) is 5.56 Å². The van der Waals surface area contributed by atoms with Gasteiger partial charge in [-0.05, 0) is 65.1 Å². The van der Waals surface area contributed by atoms with Gasteiger partial charge in [-0.15, -0.1) is 0 Å². The van der Waals surface area contributed by atoms with E-state index >= 15 is 0 Å². The van der Waals surface area contributed by atoms with Crippen molar-refractivity contribution in [3.8, 4) is 0 Å². The third-order valence-corrected chi connectivity index (χ3v) is 4.82. The largest absolute Gasteiger partial charge is 0.256 e. The van der Waals surface area contributed by atoms with Crippen LogP contribution < -0.4 is 0 Å². The summed E-state index contributed by atoms with van der Waals surface area (Å²) in [5.41, 5.74) is 6.86. The van der Waals surface area contributed by atoms with Crippen LogP contribution in [-0.4, -0.2) is 6.21 Å². The van der Waals surface area contributed by atoms with Gasteiger partial charge >= 0.3 is 0 Å². The van der Waals surface area contributed by atoms with E-state index in [4.69, 9.17) is 16.6 Å². The van der Waals surface area contributed by atoms with Gasteiger partial charge in [0.05, 0.1) is 5.70 Å². The lowest BCUT2D eigenvalue weighted by molar-refractivity contribution is 0.412. The fourth-order valence-electron chi connectivity index (χ4n) is 3.21. The molecule has 0 spiro atoms. The minimum absolute atomic E-state index is 0.153. The second kappa shape index (κ2) is 9.89. The van der Waals surface area contributed by atoms with Crippen LogP contribution in [0.2, 0.25) is 5.02 Å². The highest BCUT2D eigenvalue weighted by Crippen LogP contribution is 2.32. The van der Waals surface area contributed by atoms with E-state index in [-0.39, 0.29) is 5.41 Å². The molecular formula is C26H32ClN. The second-order valence-electron chi connectivity index (χ2n) is 8.57. The molecule has 148 valence electrons. The topological polar surface area (TPSA) is 12.4 Å². The summed E-state index contributed by atoms with van der Waals surface area (Å²) in [6, 6.07) is 16.6. The zero-order valence-corrected chi connectivity index (χ0v) is 18.6. The Labute approximate surface area is 175 Å². The molecule has 0 radical (unpaired) electrons. The van der Waals surface area contributed by atoms with Crippen LogP contribution in [0.1, 0.15) is 64.2 Å². The van der Waals surface area contributed by atoms with Crippen molar-refractivity contribution >= 4 is 23.4 Å². The van der Waals surface area contributed by atoms with Gasteiger partial charge in [-0.2, -0.15) is 0 Å². The highest BCUT2D eigenvalue weighted by molar-refractivity contribution is 6.30. The van der Waals surface area contributed by atoms with Gasteiger partial charge in [0.25, 0.3) is 0 Å². The Morgan fingerprint density at radius 3 is 2.18 bits per heavy atom. The number of hydrogen-bond acceptors (Lipinski definition) is 1. The van der Waals surface area contributed by atoms with Crippen molar-refractivity contribution in [1.82, 2.24) is 0 Å². The molecule has 0 aromatic heterocycles. The number of aryl methyl sites for hydroxylation is 1.